The van der Waals surface area contributed by atoms with Gasteiger partial charge in [0, 0.05) is 37.0 Å². The molecule has 2 aromatic rings. The minimum Gasteiger partial charge on any atom is -0.427 e. The van der Waals surface area contributed by atoms with Crippen molar-refractivity contribution in [3.05, 3.63) is 36.0 Å². The number of ether oxygens (including phenoxy) is 4. The minimum atomic E-state index is -6.02. The number of hydrogen-bond donors (Lipinski definition) is 1. The van der Waals surface area contributed by atoms with Gasteiger partial charge in [0.1, 0.15) is 5.82 Å². The molecule has 0 aliphatic carbocycles. The van der Waals surface area contributed by atoms with Crippen LogP contribution in [0.5, 0.6) is 5.88 Å². The number of fused-ring (bicyclic) bond motifs is 1. The quantitative estimate of drug-likeness (QED) is 0.295. The van der Waals surface area contributed by atoms with E-state index in [9.17, 15) is 53.9 Å². The number of nitrogens with one attached hydrogen (secondary N) is 1. The van der Waals surface area contributed by atoms with E-state index in [1.165, 1.54) is 18.3 Å². The van der Waals surface area contributed by atoms with E-state index in [-0.39, 0.29) is 16.8 Å². The second-order valence-electron chi connectivity index (χ2n) is 8.90. The van der Waals surface area contributed by atoms with Crippen LogP contribution < -0.4 is 15.0 Å². The highest BCUT2D eigenvalue weighted by Gasteiger charge is 2.62. The summed E-state index contributed by atoms with van der Waals surface area (Å²) >= 11 is 0. The average Bonchev–Trinajstić information content (AvgIpc) is 3.40. The maximum atomic E-state index is 13.1. The van der Waals surface area contributed by atoms with E-state index in [2.05, 4.69) is 24.2 Å². The minimum absolute atomic E-state index is 0.0804. The predicted octanol–water partition coefficient (Wildman–Crippen LogP) is 3.52. The maximum absolute atomic E-state index is 13.1. The Morgan fingerprint density at radius 1 is 0.860 bits per heavy atom. The van der Waals surface area contributed by atoms with E-state index in [4.69, 9.17) is 4.74 Å². The van der Waals surface area contributed by atoms with Crippen molar-refractivity contribution in [2.45, 2.75) is 50.1 Å². The largest absolute Gasteiger partial charge is 0.491 e. The number of esters is 3. The van der Waals surface area contributed by atoms with Gasteiger partial charge in [-0.2, -0.15) is 39.5 Å². The number of pyridine rings is 2. The fourth-order valence-corrected chi connectivity index (χ4v) is 3.87. The summed E-state index contributed by atoms with van der Waals surface area (Å²) in [5.41, 5.74) is -0.119. The number of carbonyl (C=O) groups excluding carboxylic acids is 3. The molecule has 1 saturated heterocycles. The molecular weight excluding hydrogens is 615 g/mol. The second kappa shape index (κ2) is 11.4. The number of rotatable bonds is 5. The molecule has 4 heterocycles. The summed E-state index contributed by atoms with van der Waals surface area (Å²) in [5.74, 6) is -14.8. The highest BCUT2D eigenvalue weighted by Crippen LogP contribution is 2.36. The van der Waals surface area contributed by atoms with Crippen LogP contribution in [0, 0.1) is 0 Å². The molecule has 4 rings (SSSR count). The standard InChI is InChI=1S/C23H17F9N4O7/c24-20(25,26)17(37)40-16-23(42-18(38)21(27,28)29,43-19(39)22(30,31)32)41-15-12(10-34-16)3-5-13(35-15)11-4-6-14(33-9-11)36-7-1-2-8-36/h3-6,9,16,34H,1-2,7-8,10H2. The Labute approximate surface area is 233 Å². The zero-order valence-corrected chi connectivity index (χ0v) is 21.1. The van der Waals surface area contributed by atoms with E-state index >= 15 is 0 Å². The summed E-state index contributed by atoms with van der Waals surface area (Å²) < 4.78 is 134. The Morgan fingerprint density at radius 2 is 1.44 bits per heavy atom. The van der Waals surface area contributed by atoms with Gasteiger partial charge in [0.2, 0.25) is 5.88 Å². The summed E-state index contributed by atoms with van der Waals surface area (Å²) in [7, 11) is 0. The second-order valence-corrected chi connectivity index (χ2v) is 8.90. The van der Waals surface area contributed by atoms with Crippen LogP contribution in [0.3, 0.4) is 0 Å². The summed E-state index contributed by atoms with van der Waals surface area (Å²) in [5, 5.41) is 1.83. The third-order valence-electron chi connectivity index (χ3n) is 5.84. The lowest BCUT2D eigenvalue weighted by atomic mass is 10.1. The van der Waals surface area contributed by atoms with Crippen molar-refractivity contribution in [3.8, 4) is 17.1 Å². The first kappa shape index (κ1) is 31.6. The van der Waals surface area contributed by atoms with Crippen LogP contribution in [0.15, 0.2) is 30.5 Å². The predicted molar refractivity (Wildman–Crippen MR) is 119 cm³/mol. The number of anilines is 1. The van der Waals surface area contributed by atoms with Crippen molar-refractivity contribution in [2.24, 2.45) is 0 Å². The number of alkyl halides is 9. The van der Waals surface area contributed by atoms with Gasteiger partial charge in [-0.05, 0) is 31.0 Å². The van der Waals surface area contributed by atoms with Crippen molar-refractivity contribution in [1.29, 1.82) is 0 Å². The molecule has 2 aliphatic heterocycles. The first-order valence-corrected chi connectivity index (χ1v) is 11.9. The fourth-order valence-electron chi connectivity index (χ4n) is 3.87. The summed E-state index contributed by atoms with van der Waals surface area (Å²) in [6.07, 6.45) is -17.9. The van der Waals surface area contributed by atoms with Gasteiger partial charge in [0.05, 0.1) is 5.69 Å². The molecular formula is C23H17F9N4O7. The number of aromatic nitrogens is 2. The SMILES string of the molecule is O=C(OC1NCc2ccc(-c3ccc(N4CCCC4)nc3)nc2OC1(OC(=O)C(F)(F)F)OC(=O)C(F)(F)F)C(F)(F)F. The van der Waals surface area contributed by atoms with Gasteiger partial charge in [-0.3, -0.25) is 5.32 Å². The molecule has 2 aliphatic rings. The molecule has 1 fully saturated rings. The van der Waals surface area contributed by atoms with E-state index < -0.39 is 61.1 Å². The Balaban J connectivity index is 1.79. The molecule has 1 N–H and O–H groups in total. The lowest BCUT2D eigenvalue weighted by Crippen LogP contribution is -2.63. The van der Waals surface area contributed by atoms with Crippen molar-refractivity contribution < 1.29 is 72.8 Å². The van der Waals surface area contributed by atoms with Crippen molar-refractivity contribution in [3.63, 3.8) is 0 Å². The van der Waals surface area contributed by atoms with Crippen LogP contribution in [0.4, 0.5) is 45.3 Å². The van der Waals surface area contributed by atoms with Crippen LogP contribution in [0.25, 0.3) is 11.3 Å². The lowest BCUT2D eigenvalue weighted by Gasteiger charge is -2.35. The Morgan fingerprint density at radius 3 is 1.95 bits per heavy atom. The van der Waals surface area contributed by atoms with Crippen LogP contribution in [-0.4, -0.2) is 71.7 Å². The van der Waals surface area contributed by atoms with Crippen molar-refractivity contribution in [1.82, 2.24) is 15.3 Å². The third kappa shape index (κ3) is 7.17. The molecule has 0 aromatic carbocycles. The molecule has 1 atom stereocenters. The topological polar surface area (TPSA) is 129 Å². The average molecular weight is 632 g/mol. The number of halogens is 9. The maximum Gasteiger partial charge on any atom is 0.491 e. The highest BCUT2D eigenvalue weighted by molar-refractivity contribution is 5.79. The van der Waals surface area contributed by atoms with Gasteiger partial charge in [-0.25, -0.2) is 24.4 Å². The van der Waals surface area contributed by atoms with Gasteiger partial charge >= 0.3 is 42.4 Å². The first-order valence-electron chi connectivity index (χ1n) is 11.9. The molecule has 0 radical (unpaired) electrons. The number of hydrogen-bond acceptors (Lipinski definition) is 11. The summed E-state index contributed by atoms with van der Waals surface area (Å²) in [4.78, 5) is 45.2. The first-order chi connectivity index (χ1) is 19.9. The Kier molecular flexibility index (Phi) is 8.35. The Bertz CT molecular complexity index is 1350. The molecule has 20 heteroatoms. The van der Waals surface area contributed by atoms with Crippen LogP contribution >= 0.6 is 0 Å². The fraction of sp³-hybridized carbons (Fsp3) is 0.435. The molecule has 0 amide bonds. The van der Waals surface area contributed by atoms with Crippen LogP contribution in [0.2, 0.25) is 0 Å². The highest BCUT2D eigenvalue weighted by atomic mass is 19.4. The van der Waals surface area contributed by atoms with Gasteiger partial charge in [-0.1, -0.05) is 6.07 Å². The third-order valence-corrected chi connectivity index (χ3v) is 5.84. The lowest BCUT2D eigenvalue weighted by molar-refractivity contribution is -0.370. The molecule has 11 nitrogen and oxygen atoms in total. The van der Waals surface area contributed by atoms with Gasteiger partial charge < -0.3 is 23.8 Å². The Hall–Kier alpha value is -4.36. The molecule has 1 unspecified atom stereocenters. The molecule has 234 valence electrons. The normalized spacial score (nSPS) is 18.6. The zero-order chi connectivity index (χ0) is 31.8. The van der Waals surface area contributed by atoms with Gasteiger partial charge in [-0.15, -0.1) is 0 Å². The number of carbonyl (C=O) groups is 3. The number of nitrogens with zero attached hydrogens (tertiary/aromatic N) is 3. The smallest absolute Gasteiger partial charge is 0.427 e. The van der Waals surface area contributed by atoms with E-state index in [1.54, 1.807) is 6.07 Å². The summed E-state index contributed by atoms with van der Waals surface area (Å²) in [6, 6.07) is 5.53. The van der Waals surface area contributed by atoms with Crippen molar-refractivity contribution >= 4 is 23.7 Å². The summed E-state index contributed by atoms with van der Waals surface area (Å²) in [6.45, 7) is 0.679. The molecule has 0 spiro atoms. The molecule has 2 aromatic heterocycles. The van der Waals surface area contributed by atoms with E-state index in [0.29, 0.717) is 5.82 Å². The zero-order valence-electron chi connectivity index (χ0n) is 21.1. The monoisotopic (exact) mass is 632 g/mol. The molecule has 43 heavy (non-hydrogen) atoms. The van der Waals surface area contributed by atoms with Crippen LogP contribution in [0.1, 0.15) is 18.4 Å². The van der Waals surface area contributed by atoms with Crippen molar-refractivity contribution in [2.75, 3.05) is 18.0 Å². The van der Waals surface area contributed by atoms with Gasteiger partial charge in [0.25, 0.3) is 6.23 Å². The van der Waals surface area contributed by atoms with Gasteiger partial charge in [0.15, 0.2) is 0 Å². The van der Waals surface area contributed by atoms with E-state index in [0.717, 1.165) is 32.0 Å². The van der Waals surface area contributed by atoms with Crippen LogP contribution in [-0.2, 0) is 35.1 Å². The van der Waals surface area contributed by atoms with E-state index in [1.807, 2.05) is 10.2 Å². The molecule has 0 bridgehead atoms. The molecule has 0 saturated carbocycles.